The van der Waals surface area contributed by atoms with Gasteiger partial charge in [-0.2, -0.15) is 0 Å². The molecule has 2 fully saturated rings. The second-order valence-corrected chi connectivity index (χ2v) is 10.1. The summed E-state index contributed by atoms with van der Waals surface area (Å²) in [5.74, 6) is 0.923. The summed E-state index contributed by atoms with van der Waals surface area (Å²) in [4.78, 5) is 2.30. The van der Waals surface area contributed by atoms with Gasteiger partial charge in [-0.05, 0) is 51.0 Å². The quantitative estimate of drug-likeness (QED) is 0.670. The van der Waals surface area contributed by atoms with Gasteiger partial charge in [0, 0.05) is 36.4 Å². The van der Waals surface area contributed by atoms with Crippen LogP contribution in [0.25, 0.3) is 11.3 Å². The van der Waals surface area contributed by atoms with Gasteiger partial charge in [0.1, 0.15) is 5.25 Å². The van der Waals surface area contributed by atoms with Crippen molar-refractivity contribution in [3.05, 3.63) is 36.4 Å². The summed E-state index contributed by atoms with van der Waals surface area (Å²) in [5.41, 5.74) is 8.19. The predicted molar refractivity (Wildman–Crippen MR) is 120 cm³/mol. The number of nitrogens with one attached hydrogen (secondary N) is 3. The van der Waals surface area contributed by atoms with Crippen molar-refractivity contribution >= 4 is 21.5 Å². The zero-order valence-corrected chi connectivity index (χ0v) is 18.3. The van der Waals surface area contributed by atoms with E-state index in [1.807, 2.05) is 38.1 Å². The van der Waals surface area contributed by atoms with E-state index in [2.05, 4.69) is 30.7 Å². The third kappa shape index (κ3) is 4.58. The van der Waals surface area contributed by atoms with Crippen LogP contribution in [0.15, 0.2) is 36.4 Å². The Morgan fingerprint density at radius 3 is 2.10 bits per heavy atom. The van der Waals surface area contributed by atoms with E-state index in [0.717, 1.165) is 30.2 Å². The van der Waals surface area contributed by atoms with Gasteiger partial charge < -0.3 is 4.90 Å². The van der Waals surface area contributed by atoms with Crippen LogP contribution in [-0.4, -0.2) is 49.0 Å². The second kappa shape index (κ2) is 8.87. The highest BCUT2D eigenvalue weighted by atomic mass is 32.2. The maximum absolute atomic E-state index is 12.8. The minimum Gasteiger partial charge on any atom is -0.355 e. The first-order valence-corrected chi connectivity index (χ1v) is 12.2. The zero-order chi connectivity index (χ0) is 21.1. The third-order valence-electron chi connectivity index (χ3n) is 5.90. The molecular formula is C21H30N6O2S. The van der Waals surface area contributed by atoms with Crippen LogP contribution in [-0.2, 0) is 10.0 Å². The van der Waals surface area contributed by atoms with Crippen molar-refractivity contribution in [2.45, 2.75) is 56.9 Å². The van der Waals surface area contributed by atoms with Gasteiger partial charge in [-0.3, -0.25) is 15.6 Å². The van der Waals surface area contributed by atoms with E-state index in [9.17, 15) is 8.42 Å². The van der Waals surface area contributed by atoms with Gasteiger partial charge in [0.15, 0.2) is 5.82 Å². The Morgan fingerprint density at radius 1 is 0.900 bits per heavy atom. The Kier molecular flexibility index (Phi) is 6.21. The van der Waals surface area contributed by atoms with Crippen molar-refractivity contribution in [3.8, 4) is 11.3 Å². The number of nitrogens with zero attached hydrogens (tertiary/aromatic N) is 3. The highest BCUT2D eigenvalue weighted by Gasteiger charge is 2.40. The summed E-state index contributed by atoms with van der Waals surface area (Å²) in [5, 5.41) is 8.27. The summed E-state index contributed by atoms with van der Waals surface area (Å²) in [6.45, 7) is 5.78. The van der Waals surface area contributed by atoms with Crippen molar-refractivity contribution in [1.82, 2.24) is 21.0 Å². The van der Waals surface area contributed by atoms with Gasteiger partial charge in [-0.25, -0.2) is 8.42 Å². The number of rotatable bonds is 5. The molecular weight excluding hydrogens is 400 g/mol. The molecule has 1 aromatic heterocycles. The number of sulfonamides is 1. The summed E-state index contributed by atoms with van der Waals surface area (Å²) in [6, 6.07) is 10.9. The van der Waals surface area contributed by atoms with Crippen LogP contribution in [0.5, 0.6) is 0 Å². The summed E-state index contributed by atoms with van der Waals surface area (Å²) in [7, 11) is -3.52. The first-order chi connectivity index (χ1) is 14.4. The number of aromatic nitrogens is 2. The molecule has 0 bridgehead atoms. The second-order valence-electron chi connectivity index (χ2n) is 8.23. The van der Waals surface area contributed by atoms with Crippen LogP contribution in [0.2, 0.25) is 0 Å². The van der Waals surface area contributed by atoms with Crippen LogP contribution in [0.3, 0.4) is 0 Å². The van der Waals surface area contributed by atoms with Gasteiger partial charge in [0.2, 0.25) is 10.0 Å². The van der Waals surface area contributed by atoms with E-state index in [-0.39, 0.29) is 12.1 Å². The van der Waals surface area contributed by atoms with Crippen molar-refractivity contribution in [1.29, 1.82) is 0 Å². The lowest BCUT2D eigenvalue weighted by Crippen LogP contribution is -2.41. The average molecular weight is 431 g/mol. The van der Waals surface area contributed by atoms with E-state index in [4.69, 9.17) is 0 Å². The fourth-order valence-corrected chi connectivity index (χ4v) is 6.10. The first kappa shape index (κ1) is 21.0. The normalized spacial score (nSPS) is 25.1. The number of anilines is 2. The van der Waals surface area contributed by atoms with Gasteiger partial charge in [-0.1, -0.05) is 25.0 Å². The van der Waals surface area contributed by atoms with Crippen molar-refractivity contribution < 1.29 is 8.42 Å². The van der Waals surface area contributed by atoms with E-state index >= 15 is 0 Å². The molecule has 0 amide bonds. The van der Waals surface area contributed by atoms with Crippen molar-refractivity contribution in [2.24, 2.45) is 0 Å². The van der Waals surface area contributed by atoms with Crippen molar-refractivity contribution in [3.63, 3.8) is 0 Å². The minimum absolute atomic E-state index is 0.172. The molecule has 0 aliphatic carbocycles. The highest BCUT2D eigenvalue weighted by Crippen LogP contribution is 2.24. The molecule has 1 aromatic carbocycles. The number of hydrogen-bond donors (Lipinski definition) is 3. The lowest BCUT2D eigenvalue weighted by Gasteiger charge is -2.20. The summed E-state index contributed by atoms with van der Waals surface area (Å²) in [6.07, 6.45) is 4.96. The average Bonchev–Trinajstić information content (AvgIpc) is 2.93. The molecule has 2 saturated heterocycles. The Morgan fingerprint density at radius 2 is 1.53 bits per heavy atom. The van der Waals surface area contributed by atoms with E-state index in [1.54, 1.807) is 12.1 Å². The molecule has 3 heterocycles. The predicted octanol–water partition coefficient (Wildman–Crippen LogP) is 2.52. The SMILES string of the molecule is CC1NNC(C)C1S(=O)(=O)Nc1ccc(-c2ccc(N3CCCCCC3)nn2)cc1. The molecule has 0 saturated carbocycles. The lowest BCUT2D eigenvalue weighted by molar-refractivity contribution is 0.564. The van der Waals surface area contributed by atoms with E-state index in [0.29, 0.717) is 5.69 Å². The Hall–Kier alpha value is -2.23. The van der Waals surface area contributed by atoms with Crippen LogP contribution in [0.4, 0.5) is 11.5 Å². The molecule has 9 heteroatoms. The Labute approximate surface area is 178 Å². The molecule has 30 heavy (non-hydrogen) atoms. The molecule has 2 aromatic rings. The topological polar surface area (TPSA) is 99.2 Å². The molecule has 2 aliphatic rings. The first-order valence-electron chi connectivity index (χ1n) is 10.7. The van der Waals surface area contributed by atoms with Crippen LogP contribution < -0.4 is 20.5 Å². The molecule has 0 spiro atoms. The van der Waals surface area contributed by atoms with E-state index < -0.39 is 15.3 Å². The molecule has 3 N–H and O–H groups in total. The summed E-state index contributed by atoms with van der Waals surface area (Å²) >= 11 is 0. The maximum atomic E-state index is 12.8. The zero-order valence-electron chi connectivity index (χ0n) is 17.5. The third-order valence-corrected chi connectivity index (χ3v) is 7.96. The molecule has 8 nitrogen and oxygen atoms in total. The fraction of sp³-hybridized carbons (Fsp3) is 0.524. The van der Waals surface area contributed by atoms with Gasteiger partial charge in [0.25, 0.3) is 0 Å². The Balaban J connectivity index is 1.44. The number of hydrazine groups is 1. The smallest absolute Gasteiger partial charge is 0.238 e. The van der Waals surface area contributed by atoms with E-state index in [1.165, 1.54) is 25.7 Å². The highest BCUT2D eigenvalue weighted by molar-refractivity contribution is 7.93. The summed E-state index contributed by atoms with van der Waals surface area (Å²) < 4.78 is 28.3. The van der Waals surface area contributed by atoms with Gasteiger partial charge in [-0.15, -0.1) is 10.2 Å². The standard InChI is InChI=1S/C21H30N6O2S/c1-15-21(16(2)23-22-15)30(28,29)26-18-9-7-17(8-10-18)19-11-12-20(25-24-19)27-13-5-3-4-6-14-27/h7-12,15-16,21-23,26H,3-6,13-14H2,1-2H3. The van der Waals surface area contributed by atoms with Gasteiger partial charge in [0.05, 0.1) is 5.69 Å². The largest absolute Gasteiger partial charge is 0.355 e. The van der Waals surface area contributed by atoms with Crippen LogP contribution in [0, 0.1) is 0 Å². The molecule has 2 unspecified atom stereocenters. The Bertz CT molecular complexity index is 930. The maximum Gasteiger partial charge on any atom is 0.238 e. The molecule has 162 valence electrons. The van der Waals surface area contributed by atoms with Crippen LogP contribution >= 0.6 is 0 Å². The number of hydrogen-bond acceptors (Lipinski definition) is 7. The molecule has 2 atom stereocenters. The van der Waals surface area contributed by atoms with Crippen molar-refractivity contribution in [2.75, 3.05) is 22.7 Å². The molecule has 0 radical (unpaired) electrons. The molecule has 2 aliphatic heterocycles. The van der Waals surface area contributed by atoms with Gasteiger partial charge >= 0.3 is 0 Å². The molecule has 4 rings (SSSR count). The van der Waals surface area contributed by atoms with Crippen LogP contribution in [0.1, 0.15) is 39.5 Å². The fourth-order valence-electron chi connectivity index (χ4n) is 4.29. The number of benzene rings is 1. The minimum atomic E-state index is -3.52. The monoisotopic (exact) mass is 430 g/mol. The lowest BCUT2D eigenvalue weighted by atomic mass is 10.1.